The lowest BCUT2D eigenvalue weighted by Gasteiger charge is -2.08. The number of pyridine rings is 1. The predicted octanol–water partition coefficient (Wildman–Crippen LogP) is 0.914. The normalized spacial score (nSPS) is 12.2. The number of benzene rings is 1. The fraction of sp³-hybridized carbons (Fsp3) is 0.182. The van der Waals surface area contributed by atoms with E-state index in [1.807, 2.05) is 0 Å². The molecular weight excluding hydrogens is 278 g/mol. The number of alkyl halides is 2. The zero-order chi connectivity index (χ0) is 14.2. The molecule has 2 N–H and O–H groups in total. The molecule has 5 nitrogen and oxygen atoms in total. The molecule has 0 amide bonds. The molecule has 0 saturated carbocycles. The van der Waals surface area contributed by atoms with Crippen molar-refractivity contribution in [1.29, 1.82) is 0 Å². The molecule has 0 atom stereocenters. The summed E-state index contributed by atoms with van der Waals surface area (Å²) in [4.78, 5) is 11.7. The molecule has 2 rings (SSSR count). The van der Waals surface area contributed by atoms with Gasteiger partial charge in [0.15, 0.2) is 0 Å². The summed E-state index contributed by atoms with van der Waals surface area (Å²) in [7, 11) is -3.98. The molecule has 0 aliphatic heterocycles. The van der Waals surface area contributed by atoms with Crippen molar-refractivity contribution in [2.45, 2.75) is 17.9 Å². The second-order valence-electron chi connectivity index (χ2n) is 3.93. The van der Waals surface area contributed by atoms with E-state index in [4.69, 9.17) is 5.14 Å². The summed E-state index contributed by atoms with van der Waals surface area (Å²) in [5, 5.41) is 5.20. The van der Waals surface area contributed by atoms with Crippen molar-refractivity contribution in [2.75, 3.05) is 0 Å². The van der Waals surface area contributed by atoms with Crippen LogP contribution in [0.25, 0.3) is 10.8 Å². The van der Waals surface area contributed by atoms with E-state index in [1.165, 1.54) is 24.3 Å². The van der Waals surface area contributed by atoms with Crippen molar-refractivity contribution < 1.29 is 17.2 Å². The van der Waals surface area contributed by atoms with E-state index in [2.05, 4.69) is 0 Å². The van der Waals surface area contributed by atoms with Crippen molar-refractivity contribution >= 4 is 20.8 Å². The number of halogens is 2. The number of aromatic nitrogens is 1. The van der Waals surface area contributed by atoms with Crippen LogP contribution in [0.2, 0.25) is 0 Å². The van der Waals surface area contributed by atoms with E-state index >= 15 is 0 Å². The SMILES string of the molecule is NS(=O)(=O)c1cccc2c(=O)n(CC(F)F)ccc12. The summed E-state index contributed by atoms with van der Waals surface area (Å²) in [6.07, 6.45) is -1.54. The Morgan fingerprint density at radius 2 is 1.89 bits per heavy atom. The van der Waals surface area contributed by atoms with E-state index < -0.39 is 28.6 Å². The van der Waals surface area contributed by atoms with Crippen LogP contribution in [0.3, 0.4) is 0 Å². The zero-order valence-corrected chi connectivity index (χ0v) is 10.4. The molecule has 102 valence electrons. The lowest BCUT2D eigenvalue weighted by molar-refractivity contribution is 0.125. The Morgan fingerprint density at radius 1 is 1.21 bits per heavy atom. The smallest absolute Gasteiger partial charge is 0.258 e. The molecule has 19 heavy (non-hydrogen) atoms. The van der Waals surface area contributed by atoms with E-state index in [0.717, 1.165) is 10.8 Å². The largest absolute Gasteiger partial charge is 0.309 e. The van der Waals surface area contributed by atoms with Crippen molar-refractivity contribution in [1.82, 2.24) is 4.57 Å². The molecule has 0 saturated heterocycles. The van der Waals surface area contributed by atoms with Gasteiger partial charge in [-0.3, -0.25) is 4.79 Å². The fourth-order valence-corrected chi connectivity index (χ4v) is 2.58. The van der Waals surface area contributed by atoms with Gasteiger partial charge in [-0.2, -0.15) is 0 Å². The molecule has 2 aromatic rings. The summed E-state index contributed by atoms with van der Waals surface area (Å²) in [6.45, 7) is -0.742. The minimum atomic E-state index is -3.98. The first-order valence-corrected chi connectivity index (χ1v) is 6.78. The highest BCUT2D eigenvalue weighted by Gasteiger charge is 2.15. The second kappa shape index (κ2) is 4.71. The Kier molecular flexibility index (Phi) is 3.38. The molecule has 8 heteroatoms. The molecule has 0 radical (unpaired) electrons. The lowest BCUT2D eigenvalue weighted by atomic mass is 10.2. The van der Waals surface area contributed by atoms with E-state index in [1.54, 1.807) is 0 Å². The van der Waals surface area contributed by atoms with Crippen LogP contribution in [-0.2, 0) is 16.6 Å². The van der Waals surface area contributed by atoms with Crippen LogP contribution >= 0.6 is 0 Å². The highest BCUT2D eigenvalue weighted by molar-refractivity contribution is 7.89. The van der Waals surface area contributed by atoms with E-state index in [-0.39, 0.29) is 15.7 Å². The van der Waals surface area contributed by atoms with Crippen molar-refractivity contribution in [3.8, 4) is 0 Å². The van der Waals surface area contributed by atoms with Crippen molar-refractivity contribution in [3.63, 3.8) is 0 Å². The van der Waals surface area contributed by atoms with Gasteiger partial charge in [0.05, 0.1) is 11.4 Å². The van der Waals surface area contributed by atoms with Crippen LogP contribution < -0.4 is 10.7 Å². The van der Waals surface area contributed by atoms with Gasteiger partial charge >= 0.3 is 0 Å². The number of nitrogens with two attached hydrogens (primary N) is 1. The van der Waals surface area contributed by atoms with Crippen LogP contribution in [-0.4, -0.2) is 19.4 Å². The predicted molar refractivity (Wildman–Crippen MR) is 65.6 cm³/mol. The molecule has 0 aliphatic rings. The molecular formula is C11H10F2N2O3S. The van der Waals surface area contributed by atoms with Gasteiger partial charge in [0, 0.05) is 17.0 Å². The van der Waals surface area contributed by atoms with Crippen LogP contribution in [0.1, 0.15) is 0 Å². The van der Waals surface area contributed by atoms with Gasteiger partial charge in [-0.1, -0.05) is 6.07 Å². The average Bonchev–Trinajstić information content (AvgIpc) is 2.30. The third-order valence-electron chi connectivity index (χ3n) is 2.62. The molecule has 0 spiro atoms. The van der Waals surface area contributed by atoms with E-state index in [0.29, 0.717) is 0 Å². The minimum Gasteiger partial charge on any atom is -0.309 e. The van der Waals surface area contributed by atoms with Gasteiger partial charge in [0.2, 0.25) is 10.0 Å². The van der Waals surface area contributed by atoms with Gasteiger partial charge < -0.3 is 4.57 Å². The zero-order valence-electron chi connectivity index (χ0n) is 9.58. The Labute approximate surface area is 107 Å². The van der Waals surface area contributed by atoms with Crippen LogP contribution in [0.5, 0.6) is 0 Å². The molecule has 0 aliphatic carbocycles. The summed E-state index contributed by atoms with van der Waals surface area (Å²) < 4.78 is 48.2. The highest BCUT2D eigenvalue weighted by atomic mass is 32.2. The fourth-order valence-electron chi connectivity index (χ4n) is 1.83. The highest BCUT2D eigenvalue weighted by Crippen LogP contribution is 2.19. The second-order valence-corrected chi connectivity index (χ2v) is 5.46. The maximum absolute atomic E-state index is 12.3. The first-order chi connectivity index (χ1) is 8.80. The molecule has 1 heterocycles. The average molecular weight is 288 g/mol. The van der Waals surface area contributed by atoms with Gasteiger partial charge in [-0.05, 0) is 18.2 Å². The van der Waals surface area contributed by atoms with Gasteiger partial charge in [-0.15, -0.1) is 0 Å². The monoisotopic (exact) mass is 288 g/mol. The Hall–Kier alpha value is -1.80. The summed E-state index contributed by atoms with van der Waals surface area (Å²) >= 11 is 0. The quantitative estimate of drug-likeness (QED) is 0.911. The Balaban J connectivity index is 2.77. The molecule has 1 aromatic heterocycles. The third kappa shape index (κ3) is 2.64. The van der Waals surface area contributed by atoms with Gasteiger partial charge in [0.1, 0.15) is 0 Å². The Bertz CT molecular complexity index is 784. The summed E-state index contributed by atoms with van der Waals surface area (Å²) in [5.74, 6) is 0. The van der Waals surface area contributed by atoms with Crippen LogP contribution in [0, 0.1) is 0 Å². The van der Waals surface area contributed by atoms with E-state index in [9.17, 15) is 22.0 Å². The number of sulfonamides is 1. The van der Waals surface area contributed by atoms with Crippen LogP contribution in [0.4, 0.5) is 8.78 Å². The Morgan fingerprint density at radius 3 is 2.47 bits per heavy atom. The third-order valence-corrected chi connectivity index (χ3v) is 3.59. The van der Waals surface area contributed by atoms with Gasteiger partial charge in [0.25, 0.3) is 12.0 Å². The molecule has 0 unspecified atom stereocenters. The van der Waals surface area contributed by atoms with Gasteiger partial charge in [-0.25, -0.2) is 22.3 Å². The number of fused-ring (bicyclic) bond motifs is 1. The number of hydrogen-bond acceptors (Lipinski definition) is 3. The summed E-state index contributed by atoms with van der Waals surface area (Å²) in [5.41, 5.74) is -0.678. The first kappa shape index (κ1) is 13.6. The number of nitrogens with zero attached hydrogens (tertiary/aromatic N) is 1. The van der Waals surface area contributed by atoms with Crippen molar-refractivity contribution in [2.24, 2.45) is 5.14 Å². The maximum Gasteiger partial charge on any atom is 0.258 e. The number of rotatable bonds is 3. The molecule has 1 aromatic carbocycles. The van der Waals surface area contributed by atoms with Crippen molar-refractivity contribution in [3.05, 3.63) is 40.8 Å². The number of primary sulfonamides is 1. The standard InChI is InChI=1S/C11H10F2N2O3S/c12-10(13)6-15-5-4-7-8(11(15)16)2-1-3-9(7)19(14,17)18/h1-5,10H,6H2,(H2,14,17,18). The molecule has 0 bridgehead atoms. The topological polar surface area (TPSA) is 82.2 Å². The minimum absolute atomic E-state index is 0.0367. The summed E-state index contributed by atoms with van der Waals surface area (Å²) in [6, 6.07) is 5.26. The number of hydrogen-bond donors (Lipinski definition) is 1. The maximum atomic E-state index is 12.3. The first-order valence-electron chi connectivity index (χ1n) is 5.24. The molecule has 0 fully saturated rings. The van der Waals surface area contributed by atoms with Crippen LogP contribution in [0.15, 0.2) is 40.2 Å². The lowest BCUT2D eigenvalue weighted by Crippen LogP contribution is -2.23.